The molecule has 128 valence electrons. The molecule has 2 aliphatic heterocycles. The zero-order valence-electron chi connectivity index (χ0n) is 13.7. The Labute approximate surface area is 142 Å². The minimum Gasteiger partial charge on any atom is -0.486 e. The van der Waals surface area contributed by atoms with Crippen LogP contribution in [-0.4, -0.2) is 55.8 Å². The molecule has 0 aliphatic carbocycles. The van der Waals surface area contributed by atoms with Crippen LogP contribution in [0.1, 0.15) is 24.8 Å². The quantitative estimate of drug-likeness (QED) is 0.881. The van der Waals surface area contributed by atoms with Crippen LogP contribution in [0.5, 0.6) is 5.75 Å². The van der Waals surface area contributed by atoms with Gasteiger partial charge in [0.25, 0.3) is 0 Å². The molecule has 2 heterocycles. The maximum atomic E-state index is 12.3. The Balaban J connectivity index is 1.55. The van der Waals surface area contributed by atoms with Crippen molar-refractivity contribution in [2.24, 2.45) is 0 Å². The predicted octanol–water partition coefficient (Wildman–Crippen LogP) is 1.31. The van der Waals surface area contributed by atoms with Crippen molar-refractivity contribution in [3.63, 3.8) is 0 Å². The van der Waals surface area contributed by atoms with Crippen molar-refractivity contribution >= 4 is 5.91 Å². The molecule has 1 amide bonds. The van der Waals surface area contributed by atoms with E-state index >= 15 is 0 Å². The van der Waals surface area contributed by atoms with Gasteiger partial charge in [0.15, 0.2) is 0 Å². The summed E-state index contributed by atoms with van der Waals surface area (Å²) in [6.45, 7) is 3.55. The molecule has 2 saturated heterocycles. The smallest absolute Gasteiger partial charge is 0.234 e. The van der Waals surface area contributed by atoms with E-state index in [-0.39, 0.29) is 18.1 Å². The molecule has 2 aliphatic rings. The number of rotatable bonds is 5. The summed E-state index contributed by atoms with van der Waals surface area (Å²) >= 11 is 0. The van der Waals surface area contributed by atoms with E-state index < -0.39 is 0 Å². The minimum absolute atomic E-state index is 0.0514. The van der Waals surface area contributed by atoms with E-state index in [1.807, 2.05) is 0 Å². The van der Waals surface area contributed by atoms with E-state index in [0.29, 0.717) is 31.1 Å². The second kappa shape index (κ2) is 8.13. The van der Waals surface area contributed by atoms with Gasteiger partial charge in [-0.2, -0.15) is 5.26 Å². The first-order valence-electron chi connectivity index (χ1n) is 8.51. The van der Waals surface area contributed by atoms with Crippen LogP contribution in [0.25, 0.3) is 0 Å². The van der Waals surface area contributed by atoms with Crippen LogP contribution in [0, 0.1) is 11.3 Å². The molecule has 3 rings (SSSR count). The SMILES string of the molecule is N#Cc1ccc(O[C@@H]2COCC[C@H]2NC(=O)CN2CCCC2)cc1. The lowest BCUT2D eigenvalue weighted by atomic mass is 10.1. The summed E-state index contributed by atoms with van der Waals surface area (Å²) in [6, 6.07) is 9.03. The van der Waals surface area contributed by atoms with Crippen molar-refractivity contribution in [2.75, 3.05) is 32.8 Å². The number of carbonyl (C=O) groups is 1. The van der Waals surface area contributed by atoms with Gasteiger partial charge >= 0.3 is 0 Å². The van der Waals surface area contributed by atoms with E-state index in [4.69, 9.17) is 14.7 Å². The highest BCUT2D eigenvalue weighted by atomic mass is 16.5. The van der Waals surface area contributed by atoms with E-state index in [9.17, 15) is 4.79 Å². The Morgan fingerprint density at radius 1 is 1.33 bits per heavy atom. The van der Waals surface area contributed by atoms with Gasteiger partial charge in [-0.05, 0) is 56.6 Å². The Bertz CT molecular complexity index is 591. The van der Waals surface area contributed by atoms with E-state index in [0.717, 1.165) is 19.5 Å². The lowest BCUT2D eigenvalue weighted by Gasteiger charge is -2.32. The number of hydrogen-bond acceptors (Lipinski definition) is 5. The number of likely N-dealkylation sites (tertiary alicyclic amines) is 1. The highest BCUT2D eigenvalue weighted by molar-refractivity contribution is 5.78. The zero-order valence-corrected chi connectivity index (χ0v) is 13.7. The fourth-order valence-corrected chi connectivity index (χ4v) is 3.17. The van der Waals surface area contributed by atoms with Gasteiger partial charge in [0.1, 0.15) is 11.9 Å². The molecule has 2 fully saturated rings. The summed E-state index contributed by atoms with van der Waals surface area (Å²) in [5.74, 6) is 0.737. The molecular formula is C18H23N3O3. The maximum absolute atomic E-state index is 12.3. The van der Waals surface area contributed by atoms with Gasteiger partial charge in [-0.25, -0.2) is 0 Å². The van der Waals surface area contributed by atoms with Gasteiger partial charge in [-0.15, -0.1) is 0 Å². The Hall–Kier alpha value is -2.10. The largest absolute Gasteiger partial charge is 0.486 e. The number of ether oxygens (including phenoxy) is 2. The first kappa shape index (κ1) is 16.7. The van der Waals surface area contributed by atoms with Crippen LogP contribution in [-0.2, 0) is 9.53 Å². The van der Waals surface area contributed by atoms with Gasteiger partial charge in [0.2, 0.25) is 5.91 Å². The van der Waals surface area contributed by atoms with Gasteiger partial charge in [0.05, 0.1) is 30.8 Å². The van der Waals surface area contributed by atoms with Gasteiger partial charge in [-0.1, -0.05) is 0 Å². The van der Waals surface area contributed by atoms with Crippen LogP contribution >= 0.6 is 0 Å². The fourth-order valence-electron chi connectivity index (χ4n) is 3.17. The highest BCUT2D eigenvalue weighted by Gasteiger charge is 2.29. The van der Waals surface area contributed by atoms with Crippen LogP contribution in [0.3, 0.4) is 0 Å². The lowest BCUT2D eigenvalue weighted by molar-refractivity contribution is -0.124. The van der Waals surface area contributed by atoms with Crippen LogP contribution in [0.2, 0.25) is 0 Å². The third-order valence-electron chi connectivity index (χ3n) is 4.49. The molecule has 2 atom stereocenters. The number of hydrogen-bond donors (Lipinski definition) is 1. The second-order valence-corrected chi connectivity index (χ2v) is 6.31. The summed E-state index contributed by atoms with van der Waals surface area (Å²) in [5.41, 5.74) is 0.595. The molecule has 1 aromatic carbocycles. The molecule has 0 unspecified atom stereocenters. The van der Waals surface area contributed by atoms with Gasteiger partial charge < -0.3 is 14.8 Å². The summed E-state index contributed by atoms with van der Waals surface area (Å²) in [5, 5.41) is 11.9. The average molecular weight is 329 g/mol. The normalized spacial score (nSPS) is 24.3. The van der Waals surface area contributed by atoms with Crippen LogP contribution in [0.4, 0.5) is 0 Å². The number of nitrogens with one attached hydrogen (secondary N) is 1. The summed E-state index contributed by atoms with van der Waals surface area (Å²) in [4.78, 5) is 14.4. The first-order valence-corrected chi connectivity index (χ1v) is 8.51. The first-order chi connectivity index (χ1) is 11.7. The van der Waals surface area contributed by atoms with Crippen molar-refractivity contribution < 1.29 is 14.3 Å². The standard InChI is InChI=1S/C18H23N3O3/c19-11-14-3-5-15(6-4-14)24-17-13-23-10-7-16(17)20-18(22)12-21-8-1-2-9-21/h3-6,16-17H,1-2,7-10,12-13H2,(H,20,22)/t16-,17-/m1/s1. The summed E-state index contributed by atoms with van der Waals surface area (Å²) in [7, 11) is 0. The Kier molecular flexibility index (Phi) is 5.68. The van der Waals surface area contributed by atoms with Crippen molar-refractivity contribution in [1.29, 1.82) is 5.26 Å². The average Bonchev–Trinajstić information content (AvgIpc) is 3.10. The van der Waals surface area contributed by atoms with E-state index in [1.54, 1.807) is 24.3 Å². The number of benzene rings is 1. The molecular weight excluding hydrogens is 306 g/mol. The van der Waals surface area contributed by atoms with Crippen molar-refractivity contribution in [1.82, 2.24) is 10.2 Å². The van der Waals surface area contributed by atoms with Crippen molar-refractivity contribution in [3.05, 3.63) is 29.8 Å². The van der Waals surface area contributed by atoms with Crippen molar-refractivity contribution in [2.45, 2.75) is 31.4 Å². The molecule has 0 radical (unpaired) electrons. The molecule has 0 saturated carbocycles. The lowest BCUT2D eigenvalue weighted by Crippen LogP contribution is -2.53. The molecule has 24 heavy (non-hydrogen) atoms. The number of amides is 1. The van der Waals surface area contributed by atoms with Crippen LogP contribution in [0.15, 0.2) is 24.3 Å². The fraction of sp³-hybridized carbons (Fsp3) is 0.556. The molecule has 1 N–H and O–H groups in total. The monoisotopic (exact) mass is 329 g/mol. The third kappa shape index (κ3) is 4.47. The molecule has 0 aromatic heterocycles. The highest BCUT2D eigenvalue weighted by Crippen LogP contribution is 2.18. The van der Waals surface area contributed by atoms with Crippen molar-refractivity contribution in [3.8, 4) is 11.8 Å². The Morgan fingerprint density at radius 3 is 2.79 bits per heavy atom. The van der Waals surface area contributed by atoms with Gasteiger partial charge in [0, 0.05) is 6.61 Å². The third-order valence-corrected chi connectivity index (χ3v) is 4.49. The number of nitriles is 1. The molecule has 1 aromatic rings. The summed E-state index contributed by atoms with van der Waals surface area (Å²) in [6.07, 6.45) is 2.88. The molecule has 6 heteroatoms. The van der Waals surface area contributed by atoms with Gasteiger partial charge in [-0.3, -0.25) is 9.69 Å². The molecule has 0 bridgehead atoms. The predicted molar refractivity (Wildman–Crippen MR) is 88.6 cm³/mol. The topological polar surface area (TPSA) is 74.6 Å². The molecule has 6 nitrogen and oxygen atoms in total. The van der Waals surface area contributed by atoms with E-state index in [1.165, 1.54) is 12.8 Å². The summed E-state index contributed by atoms with van der Waals surface area (Å²) < 4.78 is 11.5. The number of nitrogens with zero attached hydrogens (tertiary/aromatic N) is 2. The van der Waals surface area contributed by atoms with E-state index in [2.05, 4.69) is 16.3 Å². The Morgan fingerprint density at radius 2 is 2.08 bits per heavy atom. The zero-order chi connectivity index (χ0) is 16.8. The molecule has 0 spiro atoms. The maximum Gasteiger partial charge on any atom is 0.234 e. The minimum atomic E-state index is -0.214. The van der Waals surface area contributed by atoms with Crippen LogP contribution < -0.4 is 10.1 Å². The number of carbonyl (C=O) groups excluding carboxylic acids is 1. The second-order valence-electron chi connectivity index (χ2n) is 6.31.